The molecule has 1 N–H and O–H groups in total. The van der Waals surface area contributed by atoms with Crippen molar-refractivity contribution in [3.63, 3.8) is 0 Å². The highest BCUT2D eigenvalue weighted by Gasteiger charge is 2.42. The number of amides is 1. The topological polar surface area (TPSA) is 43.8 Å². The van der Waals surface area contributed by atoms with E-state index in [2.05, 4.69) is 24.8 Å². The second kappa shape index (κ2) is 6.06. The molecule has 108 valence electrons. The van der Waals surface area contributed by atoms with E-state index in [4.69, 9.17) is 0 Å². The summed E-state index contributed by atoms with van der Waals surface area (Å²) in [7, 11) is 0. The Hall–Kier alpha value is -0.870. The van der Waals surface area contributed by atoms with Crippen molar-refractivity contribution in [3.05, 3.63) is 11.6 Å². The van der Waals surface area contributed by atoms with Gasteiger partial charge >= 0.3 is 0 Å². The van der Waals surface area contributed by atoms with Crippen molar-refractivity contribution in [3.8, 4) is 0 Å². The first-order valence-corrected chi connectivity index (χ1v) is 7.39. The molecule has 0 aromatic heterocycles. The van der Waals surface area contributed by atoms with Crippen LogP contribution in [0.3, 0.4) is 0 Å². The zero-order valence-electron chi connectivity index (χ0n) is 12.2. The zero-order valence-corrected chi connectivity index (χ0v) is 12.2. The third-order valence-corrected chi connectivity index (χ3v) is 4.10. The largest absolute Gasteiger partial charge is 0.379 e. The number of carbonyl (C=O) groups excluding carboxylic acids is 1. The van der Waals surface area contributed by atoms with Crippen molar-refractivity contribution < 1.29 is 9.90 Å². The lowest BCUT2D eigenvalue weighted by Crippen LogP contribution is -2.57. The van der Waals surface area contributed by atoms with E-state index in [0.717, 1.165) is 45.4 Å². The Bertz CT molecular complexity index is 357. The molecule has 0 saturated carbocycles. The summed E-state index contributed by atoms with van der Waals surface area (Å²) in [5, 5.41) is 10.7. The molecule has 2 aliphatic rings. The van der Waals surface area contributed by atoms with Crippen LogP contribution in [0.1, 0.15) is 39.5 Å². The molecule has 0 aromatic carbocycles. The van der Waals surface area contributed by atoms with Crippen LogP contribution in [0.4, 0.5) is 0 Å². The number of nitrogens with zero attached hydrogens (tertiary/aromatic N) is 2. The maximum atomic E-state index is 12.4. The van der Waals surface area contributed by atoms with Crippen molar-refractivity contribution in [1.29, 1.82) is 0 Å². The lowest BCUT2D eigenvalue weighted by molar-refractivity contribution is -0.155. The Morgan fingerprint density at radius 2 is 1.89 bits per heavy atom. The first-order valence-electron chi connectivity index (χ1n) is 7.39. The van der Waals surface area contributed by atoms with Crippen LogP contribution in [0.15, 0.2) is 11.6 Å². The van der Waals surface area contributed by atoms with Crippen LogP contribution in [0, 0.1) is 0 Å². The molecule has 1 amide bonds. The second-order valence-corrected chi connectivity index (χ2v) is 6.15. The van der Waals surface area contributed by atoms with Gasteiger partial charge in [0.25, 0.3) is 5.91 Å². The first kappa shape index (κ1) is 14.5. The fourth-order valence-electron chi connectivity index (χ4n) is 2.98. The van der Waals surface area contributed by atoms with Crippen molar-refractivity contribution in [2.45, 2.75) is 45.1 Å². The molecular formula is C15H26N2O2. The quantitative estimate of drug-likeness (QED) is 0.785. The number of rotatable bonds is 3. The van der Waals surface area contributed by atoms with Crippen LogP contribution in [0.5, 0.6) is 0 Å². The highest BCUT2D eigenvalue weighted by molar-refractivity contribution is 5.85. The molecule has 0 bridgehead atoms. The molecule has 19 heavy (non-hydrogen) atoms. The van der Waals surface area contributed by atoms with Gasteiger partial charge in [-0.1, -0.05) is 11.6 Å². The average Bonchev–Trinajstić information content (AvgIpc) is 2.89. The van der Waals surface area contributed by atoms with Crippen LogP contribution in [0.25, 0.3) is 0 Å². The molecule has 0 aliphatic carbocycles. The van der Waals surface area contributed by atoms with Gasteiger partial charge in [-0.2, -0.15) is 0 Å². The molecule has 2 aliphatic heterocycles. The normalized spacial score (nSPS) is 28.5. The van der Waals surface area contributed by atoms with Gasteiger partial charge in [-0.15, -0.1) is 0 Å². The molecule has 2 rings (SSSR count). The Morgan fingerprint density at radius 3 is 2.53 bits per heavy atom. The van der Waals surface area contributed by atoms with E-state index < -0.39 is 5.60 Å². The van der Waals surface area contributed by atoms with E-state index in [-0.39, 0.29) is 5.91 Å². The van der Waals surface area contributed by atoms with Crippen molar-refractivity contribution in [2.24, 2.45) is 0 Å². The lowest BCUT2D eigenvalue weighted by Gasteiger charge is -2.39. The molecule has 2 heterocycles. The third kappa shape index (κ3) is 3.57. The lowest BCUT2D eigenvalue weighted by atomic mass is 9.91. The summed E-state index contributed by atoms with van der Waals surface area (Å²) in [6.45, 7) is 8.06. The fourth-order valence-corrected chi connectivity index (χ4v) is 2.98. The average molecular weight is 266 g/mol. The summed E-state index contributed by atoms with van der Waals surface area (Å²) in [6.07, 6.45) is 5.80. The number of carbonyl (C=O) groups is 1. The molecular weight excluding hydrogens is 240 g/mol. The van der Waals surface area contributed by atoms with E-state index in [1.807, 2.05) is 4.90 Å². The van der Waals surface area contributed by atoms with Crippen molar-refractivity contribution >= 4 is 5.91 Å². The van der Waals surface area contributed by atoms with Crippen LogP contribution in [-0.2, 0) is 4.79 Å². The van der Waals surface area contributed by atoms with E-state index in [1.165, 1.54) is 5.57 Å². The van der Waals surface area contributed by atoms with Gasteiger partial charge in [0, 0.05) is 26.2 Å². The minimum atomic E-state index is -1.15. The summed E-state index contributed by atoms with van der Waals surface area (Å²) in [5.41, 5.74) is 0.123. The molecule has 1 atom stereocenters. The number of likely N-dealkylation sites (tertiary alicyclic amines) is 2. The Kier molecular flexibility index (Phi) is 4.63. The molecule has 2 saturated heterocycles. The third-order valence-electron chi connectivity index (χ3n) is 4.10. The number of hydrogen-bond acceptors (Lipinski definition) is 3. The molecule has 4 heteroatoms. The molecule has 0 spiro atoms. The Balaban J connectivity index is 1.97. The van der Waals surface area contributed by atoms with Gasteiger partial charge in [0.2, 0.25) is 0 Å². The van der Waals surface area contributed by atoms with Gasteiger partial charge in [-0.3, -0.25) is 9.69 Å². The summed E-state index contributed by atoms with van der Waals surface area (Å²) < 4.78 is 0. The van der Waals surface area contributed by atoms with Crippen molar-refractivity contribution in [2.75, 3.05) is 32.7 Å². The number of allylic oxidation sites excluding steroid dienone is 1. The van der Waals surface area contributed by atoms with Gasteiger partial charge in [-0.05, 0) is 46.1 Å². The maximum absolute atomic E-state index is 12.4. The Labute approximate surface area is 116 Å². The standard InChI is InChI=1S/C15H26N2O2/c1-13(2)6-11-16-8-5-7-15(19,12-16)14(18)17-9-3-4-10-17/h6,19H,3-5,7-12H2,1-2H3. The van der Waals surface area contributed by atoms with E-state index in [9.17, 15) is 9.90 Å². The predicted molar refractivity (Wildman–Crippen MR) is 75.9 cm³/mol. The van der Waals surface area contributed by atoms with Gasteiger partial charge in [0.15, 0.2) is 5.60 Å². The second-order valence-electron chi connectivity index (χ2n) is 6.15. The summed E-state index contributed by atoms with van der Waals surface area (Å²) in [5.74, 6) is -0.0492. The molecule has 2 fully saturated rings. The molecule has 0 radical (unpaired) electrons. The van der Waals surface area contributed by atoms with Gasteiger partial charge in [0.1, 0.15) is 0 Å². The van der Waals surface area contributed by atoms with Crippen LogP contribution < -0.4 is 0 Å². The highest BCUT2D eigenvalue weighted by atomic mass is 16.3. The molecule has 0 aromatic rings. The zero-order chi connectivity index (χ0) is 13.9. The van der Waals surface area contributed by atoms with Crippen molar-refractivity contribution in [1.82, 2.24) is 9.80 Å². The van der Waals surface area contributed by atoms with Crippen LogP contribution >= 0.6 is 0 Å². The smallest absolute Gasteiger partial charge is 0.255 e. The van der Waals surface area contributed by atoms with Gasteiger partial charge < -0.3 is 10.0 Å². The van der Waals surface area contributed by atoms with Gasteiger partial charge in [0.05, 0.1) is 0 Å². The van der Waals surface area contributed by atoms with Crippen LogP contribution in [0.2, 0.25) is 0 Å². The fraction of sp³-hybridized carbons (Fsp3) is 0.800. The molecule has 1 unspecified atom stereocenters. The summed E-state index contributed by atoms with van der Waals surface area (Å²) >= 11 is 0. The van der Waals surface area contributed by atoms with Gasteiger partial charge in [-0.25, -0.2) is 0 Å². The van der Waals surface area contributed by atoms with E-state index in [0.29, 0.717) is 13.0 Å². The SMILES string of the molecule is CC(C)=CCN1CCCC(O)(C(=O)N2CCCC2)C1. The first-order chi connectivity index (χ1) is 9.01. The number of hydrogen-bond donors (Lipinski definition) is 1. The minimum absolute atomic E-state index is 0.0492. The van der Waals surface area contributed by atoms with Crippen LogP contribution in [-0.4, -0.2) is 59.1 Å². The number of aliphatic hydroxyl groups is 1. The van der Waals surface area contributed by atoms with E-state index >= 15 is 0 Å². The predicted octanol–water partition coefficient (Wildman–Crippen LogP) is 1.40. The molecule has 4 nitrogen and oxygen atoms in total. The summed E-state index contributed by atoms with van der Waals surface area (Å²) in [6, 6.07) is 0. The highest BCUT2D eigenvalue weighted by Crippen LogP contribution is 2.25. The van der Waals surface area contributed by atoms with E-state index in [1.54, 1.807) is 0 Å². The number of β-amino-alcohol motifs (C(OH)–C–C–N with tert-alkyl or cyclic N) is 1. The number of piperidine rings is 1. The maximum Gasteiger partial charge on any atom is 0.255 e. The summed E-state index contributed by atoms with van der Waals surface area (Å²) in [4.78, 5) is 16.5. The minimum Gasteiger partial charge on any atom is -0.379 e. The Morgan fingerprint density at radius 1 is 1.21 bits per heavy atom. The monoisotopic (exact) mass is 266 g/mol.